The van der Waals surface area contributed by atoms with Gasteiger partial charge >= 0.3 is 6.03 Å². The van der Waals surface area contributed by atoms with Crippen molar-refractivity contribution in [3.05, 3.63) is 0 Å². The van der Waals surface area contributed by atoms with E-state index < -0.39 is 0 Å². The Morgan fingerprint density at radius 2 is 1.94 bits per heavy atom. The van der Waals surface area contributed by atoms with Crippen molar-refractivity contribution in [1.29, 1.82) is 0 Å². The molecular formula is C13H27N3O2. The molecule has 1 aliphatic rings. The molecule has 1 aliphatic heterocycles. The molecule has 0 aliphatic carbocycles. The molecule has 0 radical (unpaired) electrons. The summed E-state index contributed by atoms with van der Waals surface area (Å²) >= 11 is 0. The van der Waals surface area contributed by atoms with Crippen LogP contribution < -0.4 is 11.1 Å². The fraction of sp³-hybridized carbons (Fsp3) is 0.923. The first kappa shape index (κ1) is 15.2. The molecule has 0 bridgehead atoms. The standard InChI is InChI=1S/C13H27N3O2/c1-10(2)11(3)15-12(17)16(4)13(9-14)5-7-18-8-6-13/h10-11H,5-9,14H2,1-4H3,(H,15,17). The van der Waals surface area contributed by atoms with E-state index in [0.717, 1.165) is 12.8 Å². The van der Waals surface area contributed by atoms with Crippen LogP contribution in [0.25, 0.3) is 0 Å². The van der Waals surface area contributed by atoms with Gasteiger partial charge in [0.15, 0.2) is 0 Å². The number of ether oxygens (including phenoxy) is 1. The van der Waals surface area contributed by atoms with E-state index in [9.17, 15) is 4.79 Å². The van der Waals surface area contributed by atoms with Crippen molar-refractivity contribution in [1.82, 2.24) is 10.2 Å². The van der Waals surface area contributed by atoms with Crippen LogP contribution in [0.1, 0.15) is 33.6 Å². The first-order valence-corrected chi connectivity index (χ1v) is 6.75. The van der Waals surface area contributed by atoms with E-state index in [2.05, 4.69) is 19.2 Å². The zero-order chi connectivity index (χ0) is 13.8. The number of urea groups is 1. The Labute approximate surface area is 110 Å². The normalized spacial score (nSPS) is 20.6. The predicted molar refractivity (Wildman–Crippen MR) is 72.4 cm³/mol. The van der Waals surface area contributed by atoms with E-state index in [4.69, 9.17) is 10.5 Å². The highest BCUT2D eigenvalue weighted by molar-refractivity contribution is 5.75. The first-order valence-electron chi connectivity index (χ1n) is 6.75. The van der Waals surface area contributed by atoms with Gasteiger partial charge in [-0.25, -0.2) is 4.79 Å². The zero-order valence-corrected chi connectivity index (χ0v) is 12.0. The average Bonchev–Trinajstić information content (AvgIpc) is 2.38. The lowest BCUT2D eigenvalue weighted by atomic mass is 9.88. The fourth-order valence-electron chi connectivity index (χ4n) is 2.10. The van der Waals surface area contributed by atoms with Gasteiger partial charge in [0, 0.05) is 32.8 Å². The topological polar surface area (TPSA) is 67.6 Å². The van der Waals surface area contributed by atoms with Gasteiger partial charge in [0.1, 0.15) is 0 Å². The maximum Gasteiger partial charge on any atom is 0.317 e. The van der Waals surface area contributed by atoms with Crippen LogP contribution in [0.4, 0.5) is 4.79 Å². The van der Waals surface area contributed by atoms with Crippen LogP contribution in [-0.2, 0) is 4.74 Å². The van der Waals surface area contributed by atoms with Crippen LogP contribution >= 0.6 is 0 Å². The molecular weight excluding hydrogens is 230 g/mol. The molecule has 0 aromatic rings. The number of likely N-dealkylation sites (N-methyl/N-ethyl adjacent to an activating group) is 1. The lowest BCUT2D eigenvalue weighted by Gasteiger charge is -2.44. The number of carbonyl (C=O) groups excluding carboxylic acids is 1. The first-order chi connectivity index (χ1) is 8.43. The smallest absolute Gasteiger partial charge is 0.317 e. The van der Waals surface area contributed by atoms with E-state index in [-0.39, 0.29) is 17.6 Å². The van der Waals surface area contributed by atoms with Crippen LogP contribution in [0.5, 0.6) is 0 Å². The summed E-state index contributed by atoms with van der Waals surface area (Å²) < 4.78 is 5.36. The molecule has 0 aromatic heterocycles. The molecule has 2 amide bonds. The van der Waals surface area contributed by atoms with Crippen molar-refractivity contribution in [3.8, 4) is 0 Å². The van der Waals surface area contributed by atoms with Gasteiger partial charge in [0.25, 0.3) is 0 Å². The molecule has 0 saturated carbocycles. The number of nitrogens with zero attached hydrogens (tertiary/aromatic N) is 1. The second kappa shape index (κ2) is 6.38. The highest BCUT2D eigenvalue weighted by atomic mass is 16.5. The Balaban J connectivity index is 2.65. The Hall–Kier alpha value is -0.810. The molecule has 1 atom stereocenters. The van der Waals surface area contributed by atoms with E-state index in [1.807, 2.05) is 14.0 Å². The third-order valence-electron chi connectivity index (χ3n) is 4.17. The van der Waals surface area contributed by atoms with Crippen LogP contribution in [0.2, 0.25) is 0 Å². The number of rotatable bonds is 4. The number of hydrogen-bond donors (Lipinski definition) is 2. The molecule has 5 nitrogen and oxygen atoms in total. The molecule has 1 rings (SSSR count). The van der Waals surface area contributed by atoms with Gasteiger partial charge in [-0.3, -0.25) is 0 Å². The number of hydrogen-bond acceptors (Lipinski definition) is 3. The van der Waals surface area contributed by atoms with Crippen molar-refractivity contribution < 1.29 is 9.53 Å². The van der Waals surface area contributed by atoms with Gasteiger partial charge in [0.05, 0.1) is 5.54 Å². The molecule has 1 fully saturated rings. The second-order valence-electron chi connectivity index (χ2n) is 5.58. The van der Waals surface area contributed by atoms with Gasteiger partial charge in [0.2, 0.25) is 0 Å². The minimum absolute atomic E-state index is 0.0384. The minimum Gasteiger partial charge on any atom is -0.381 e. The summed E-state index contributed by atoms with van der Waals surface area (Å²) in [6, 6.07) is 0.123. The Morgan fingerprint density at radius 1 is 1.39 bits per heavy atom. The Morgan fingerprint density at radius 3 is 2.39 bits per heavy atom. The van der Waals surface area contributed by atoms with Gasteiger partial charge in [-0.05, 0) is 25.7 Å². The second-order valence-corrected chi connectivity index (χ2v) is 5.58. The summed E-state index contributed by atoms with van der Waals surface area (Å²) in [5.41, 5.74) is 5.64. The molecule has 0 aromatic carbocycles. The van der Waals surface area contributed by atoms with Gasteiger partial charge < -0.3 is 20.7 Å². The van der Waals surface area contributed by atoms with Crippen LogP contribution in [-0.4, -0.2) is 49.3 Å². The van der Waals surface area contributed by atoms with Crippen LogP contribution in [0.3, 0.4) is 0 Å². The van der Waals surface area contributed by atoms with E-state index in [0.29, 0.717) is 25.7 Å². The molecule has 1 heterocycles. The lowest BCUT2D eigenvalue weighted by Crippen LogP contribution is -2.60. The summed E-state index contributed by atoms with van der Waals surface area (Å²) in [7, 11) is 1.83. The molecule has 5 heteroatoms. The number of amides is 2. The summed E-state index contributed by atoms with van der Waals surface area (Å²) in [6.07, 6.45) is 1.62. The van der Waals surface area contributed by atoms with Gasteiger partial charge in [-0.2, -0.15) is 0 Å². The zero-order valence-electron chi connectivity index (χ0n) is 12.0. The summed E-state index contributed by atoms with van der Waals surface area (Å²) in [6.45, 7) is 8.05. The van der Waals surface area contributed by atoms with Gasteiger partial charge in [-0.1, -0.05) is 13.8 Å². The quantitative estimate of drug-likeness (QED) is 0.794. The number of nitrogens with one attached hydrogen (secondary N) is 1. The third-order valence-corrected chi connectivity index (χ3v) is 4.17. The predicted octanol–water partition coefficient (Wildman–Crippen LogP) is 1.18. The molecule has 106 valence electrons. The van der Waals surface area contributed by atoms with E-state index in [1.165, 1.54) is 0 Å². The molecule has 3 N–H and O–H groups in total. The van der Waals surface area contributed by atoms with Gasteiger partial charge in [-0.15, -0.1) is 0 Å². The number of carbonyl (C=O) groups is 1. The van der Waals surface area contributed by atoms with E-state index >= 15 is 0 Å². The molecule has 1 saturated heterocycles. The van der Waals surface area contributed by atoms with Crippen LogP contribution in [0, 0.1) is 5.92 Å². The summed E-state index contributed by atoms with van der Waals surface area (Å²) in [5, 5.41) is 3.03. The van der Waals surface area contributed by atoms with Crippen molar-refractivity contribution in [2.45, 2.75) is 45.2 Å². The fourth-order valence-corrected chi connectivity index (χ4v) is 2.10. The third kappa shape index (κ3) is 3.36. The minimum atomic E-state index is -0.251. The van der Waals surface area contributed by atoms with E-state index in [1.54, 1.807) is 4.90 Å². The number of nitrogens with two attached hydrogens (primary N) is 1. The van der Waals surface area contributed by atoms with Crippen molar-refractivity contribution in [2.75, 3.05) is 26.8 Å². The van der Waals surface area contributed by atoms with Crippen LogP contribution in [0.15, 0.2) is 0 Å². The Bertz CT molecular complexity index is 275. The highest BCUT2D eigenvalue weighted by Gasteiger charge is 2.38. The SMILES string of the molecule is CC(C)C(C)NC(=O)N(C)C1(CN)CCOCC1. The maximum atomic E-state index is 12.2. The van der Waals surface area contributed by atoms with Crippen molar-refractivity contribution in [2.24, 2.45) is 11.7 Å². The lowest BCUT2D eigenvalue weighted by molar-refractivity contribution is 0.00220. The highest BCUT2D eigenvalue weighted by Crippen LogP contribution is 2.26. The van der Waals surface area contributed by atoms with Crippen molar-refractivity contribution in [3.63, 3.8) is 0 Å². The summed E-state index contributed by atoms with van der Waals surface area (Å²) in [4.78, 5) is 14.0. The average molecular weight is 257 g/mol. The molecule has 0 spiro atoms. The maximum absolute atomic E-state index is 12.2. The molecule has 18 heavy (non-hydrogen) atoms. The largest absolute Gasteiger partial charge is 0.381 e. The molecule has 1 unspecified atom stereocenters. The summed E-state index contributed by atoms with van der Waals surface area (Å²) in [5.74, 6) is 0.422. The Kier molecular flexibility index (Phi) is 5.41. The van der Waals surface area contributed by atoms with Crippen molar-refractivity contribution >= 4 is 6.03 Å². The monoisotopic (exact) mass is 257 g/mol.